The first-order chi connectivity index (χ1) is 7.41. The molecule has 1 amide bonds. The van der Waals surface area contributed by atoms with E-state index in [1.807, 2.05) is 0 Å². The van der Waals surface area contributed by atoms with Crippen molar-refractivity contribution in [2.45, 2.75) is 26.4 Å². The number of hydrogen-bond donors (Lipinski definition) is 3. The molecule has 100 valence electrons. The highest BCUT2D eigenvalue weighted by molar-refractivity contribution is 7.51. The number of ether oxygens (including phenoxy) is 1. The van der Waals surface area contributed by atoms with Gasteiger partial charge in [-0.1, -0.05) is 0 Å². The number of rotatable bonds is 4. The lowest BCUT2D eigenvalue weighted by molar-refractivity contribution is -0.138. The minimum Gasteiger partial charge on any atom is -0.480 e. The molecule has 0 heterocycles. The van der Waals surface area contributed by atoms with Crippen molar-refractivity contribution in [3.8, 4) is 0 Å². The van der Waals surface area contributed by atoms with E-state index in [1.165, 1.54) is 0 Å². The van der Waals surface area contributed by atoms with Crippen molar-refractivity contribution < 1.29 is 33.8 Å². The summed E-state index contributed by atoms with van der Waals surface area (Å²) < 4.78 is 15.6. The van der Waals surface area contributed by atoms with Gasteiger partial charge < -0.3 is 19.6 Å². The van der Waals surface area contributed by atoms with E-state index < -0.39 is 38.1 Å². The molecule has 0 aromatic heterocycles. The molecule has 0 bridgehead atoms. The van der Waals surface area contributed by atoms with Crippen molar-refractivity contribution in [2.75, 3.05) is 12.8 Å². The van der Waals surface area contributed by atoms with Crippen LogP contribution in [0, 0.1) is 0 Å². The average Bonchev–Trinajstić information content (AvgIpc) is 1.95. The van der Waals surface area contributed by atoms with E-state index in [-0.39, 0.29) is 0 Å². The summed E-state index contributed by atoms with van der Waals surface area (Å²) in [5.41, 5.74) is -0.872. The molecule has 0 aliphatic carbocycles. The molecule has 0 spiro atoms. The standard InChI is InChI=1S/C8H16NO7P/c1-8(2,3)16-7(12)9(4-6(10)11)5-17(13,14)15/h4-5H2,1-3H3,(H,10,11)(H2,13,14,15). The molecule has 0 atom stereocenters. The van der Waals surface area contributed by atoms with Crippen LogP contribution in [0.4, 0.5) is 4.79 Å². The smallest absolute Gasteiger partial charge is 0.411 e. The third-order valence-electron chi connectivity index (χ3n) is 1.33. The minimum absolute atomic E-state index is 0.453. The summed E-state index contributed by atoms with van der Waals surface area (Å²) in [6, 6.07) is 0. The van der Waals surface area contributed by atoms with Crippen LogP contribution in [-0.2, 0) is 14.1 Å². The van der Waals surface area contributed by atoms with E-state index in [1.54, 1.807) is 20.8 Å². The topological polar surface area (TPSA) is 124 Å². The van der Waals surface area contributed by atoms with E-state index in [4.69, 9.17) is 19.6 Å². The van der Waals surface area contributed by atoms with Gasteiger partial charge in [0.25, 0.3) is 0 Å². The van der Waals surface area contributed by atoms with Gasteiger partial charge in [-0.15, -0.1) is 0 Å². The second kappa shape index (κ2) is 5.48. The second-order valence-corrected chi connectivity index (χ2v) is 5.99. The van der Waals surface area contributed by atoms with Gasteiger partial charge in [-0.2, -0.15) is 0 Å². The Kier molecular flexibility index (Phi) is 5.12. The van der Waals surface area contributed by atoms with Crippen LogP contribution in [-0.4, -0.2) is 50.3 Å². The molecule has 0 radical (unpaired) electrons. The molecule has 0 aromatic carbocycles. The van der Waals surface area contributed by atoms with Crippen molar-refractivity contribution in [2.24, 2.45) is 0 Å². The Morgan fingerprint density at radius 1 is 1.29 bits per heavy atom. The third kappa shape index (κ3) is 8.67. The summed E-state index contributed by atoms with van der Waals surface area (Å²) in [6.45, 7) is 3.84. The van der Waals surface area contributed by atoms with Gasteiger partial charge in [-0.05, 0) is 20.8 Å². The molecule has 0 fully saturated rings. The number of aliphatic carboxylic acids is 1. The first-order valence-corrected chi connectivity index (χ1v) is 6.45. The van der Waals surface area contributed by atoms with Crippen LogP contribution >= 0.6 is 7.60 Å². The zero-order valence-electron chi connectivity index (χ0n) is 9.78. The summed E-state index contributed by atoms with van der Waals surface area (Å²) in [7, 11) is -4.54. The Balaban J connectivity index is 4.74. The van der Waals surface area contributed by atoms with E-state index in [2.05, 4.69) is 0 Å². The van der Waals surface area contributed by atoms with Gasteiger partial charge in [0.1, 0.15) is 18.4 Å². The lowest BCUT2D eigenvalue weighted by atomic mass is 10.2. The Morgan fingerprint density at radius 2 is 1.76 bits per heavy atom. The Bertz CT molecular complexity index is 342. The number of carbonyl (C=O) groups excluding carboxylic acids is 1. The third-order valence-corrected chi connectivity index (χ3v) is 2.04. The highest BCUT2D eigenvalue weighted by atomic mass is 31.2. The van der Waals surface area contributed by atoms with E-state index in [0.717, 1.165) is 0 Å². The highest BCUT2D eigenvalue weighted by Gasteiger charge is 2.29. The van der Waals surface area contributed by atoms with Gasteiger partial charge in [0.15, 0.2) is 0 Å². The molecular formula is C8H16NO7P. The SMILES string of the molecule is CC(C)(C)OC(=O)N(CC(=O)O)CP(=O)(O)O. The largest absolute Gasteiger partial charge is 0.480 e. The first-order valence-electron chi connectivity index (χ1n) is 4.65. The van der Waals surface area contributed by atoms with Crippen molar-refractivity contribution in [3.05, 3.63) is 0 Å². The molecule has 17 heavy (non-hydrogen) atoms. The molecule has 0 aliphatic rings. The summed E-state index contributed by atoms with van der Waals surface area (Å²) in [6.07, 6.45) is -2.07. The minimum atomic E-state index is -4.54. The predicted octanol–water partition coefficient (Wildman–Crippen LogP) is 0.443. The second-order valence-electron chi connectivity index (χ2n) is 4.38. The zero-order valence-corrected chi connectivity index (χ0v) is 10.7. The van der Waals surface area contributed by atoms with Crippen molar-refractivity contribution >= 4 is 19.7 Å². The number of amides is 1. The molecule has 0 aliphatic heterocycles. The maximum atomic E-state index is 11.5. The molecular weight excluding hydrogens is 253 g/mol. The van der Waals surface area contributed by atoms with Gasteiger partial charge in [-0.3, -0.25) is 14.3 Å². The van der Waals surface area contributed by atoms with Gasteiger partial charge in [0, 0.05) is 0 Å². The fourth-order valence-electron chi connectivity index (χ4n) is 0.884. The van der Waals surface area contributed by atoms with Crippen LogP contribution in [0.2, 0.25) is 0 Å². The quantitative estimate of drug-likeness (QED) is 0.632. The van der Waals surface area contributed by atoms with Crippen LogP contribution < -0.4 is 0 Å². The number of hydrogen-bond acceptors (Lipinski definition) is 4. The molecule has 8 nitrogen and oxygen atoms in total. The normalized spacial score (nSPS) is 12.1. The summed E-state index contributed by atoms with van der Waals surface area (Å²) >= 11 is 0. The van der Waals surface area contributed by atoms with Crippen LogP contribution in [0.5, 0.6) is 0 Å². The molecule has 0 rings (SSSR count). The van der Waals surface area contributed by atoms with E-state index >= 15 is 0 Å². The maximum absolute atomic E-state index is 11.5. The molecule has 3 N–H and O–H groups in total. The Hall–Kier alpha value is -1.11. The zero-order chi connectivity index (χ0) is 13.9. The Labute approximate surface area is 98.3 Å². The van der Waals surface area contributed by atoms with Gasteiger partial charge in [0.2, 0.25) is 0 Å². The highest BCUT2D eigenvalue weighted by Crippen LogP contribution is 2.35. The maximum Gasteiger partial charge on any atom is 0.411 e. The fraction of sp³-hybridized carbons (Fsp3) is 0.750. The fourth-order valence-corrected chi connectivity index (χ4v) is 1.54. The van der Waals surface area contributed by atoms with Crippen LogP contribution in [0.15, 0.2) is 0 Å². The van der Waals surface area contributed by atoms with Crippen molar-refractivity contribution in [3.63, 3.8) is 0 Å². The van der Waals surface area contributed by atoms with Crippen molar-refractivity contribution in [1.82, 2.24) is 4.90 Å². The van der Waals surface area contributed by atoms with Crippen LogP contribution in [0.25, 0.3) is 0 Å². The molecule has 0 saturated heterocycles. The van der Waals surface area contributed by atoms with Gasteiger partial charge in [-0.25, -0.2) is 4.79 Å². The van der Waals surface area contributed by atoms with Crippen LogP contribution in [0.1, 0.15) is 20.8 Å². The number of carboxylic acids is 1. The first kappa shape index (κ1) is 15.9. The monoisotopic (exact) mass is 269 g/mol. The lowest BCUT2D eigenvalue weighted by Crippen LogP contribution is -2.40. The van der Waals surface area contributed by atoms with Crippen LogP contribution in [0.3, 0.4) is 0 Å². The number of nitrogens with zero attached hydrogens (tertiary/aromatic N) is 1. The number of carbonyl (C=O) groups is 2. The summed E-state index contributed by atoms with van der Waals surface area (Å²) in [4.78, 5) is 39.8. The Morgan fingerprint density at radius 3 is 2.06 bits per heavy atom. The molecule has 9 heteroatoms. The predicted molar refractivity (Wildman–Crippen MR) is 57.5 cm³/mol. The summed E-state index contributed by atoms with van der Waals surface area (Å²) in [5, 5.41) is 8.53. The summed E-state index contributed by atoms with van der Waals surface area (Å²) in [5.74, 6) is -1.38. The molecule has 0 unspecified atom stereocenters. The van der Waals surface area contributed by atoms with E-state index in [0.29, 0.717) is 4.90 Å². The van der Waals surface area contributed by atoms with Gasteiger partial charge in [0.05, 0.1) is 0 Å². The van der Waals surface area contributed by atoms with E-state index in [9.17, 15) is 14.2 Å². The number of carboxylic acid groups (broad SMARTS) is 1. The van der Waals surface area contributed by atoms with Gasteiger partial charge >= 0.3 is 19.7 Å². The van der Waals surface area contributed by atoms with Crippen molar-refractivity contribution in [1.29, 1.82) is 0 Å². The molecule has 0 saturated carbocycles. The lowest BCUT2D eigenvalue weighted by Gasteiger charge is -2.26. The average molecular weight is 269 g/mol. The molecule has 0 aromatic rings.